The van der Waals surface area contributed by atoms with Gasteiger partial charge in [-0.25, -0.2) is 0 Å². The quantitative estimate of drug-likeness (QED) is 0.257. The molecule has 0 aromatic heterocycles. The summed E-state index contributed by atoms with van der Waals surface area (Å²) in [4.78, 5) is 2.35. The van der Waals surface area contributed by atoms with Crippen LogP contribution in [0.25, 0.3) is 5.70 Å². The molecule has 0 amide bonds. The second-order valence-corrected chi connectivity index (χ2v) is 8.30. The molecule has 0 fully saturated rings. The van der Waals surface area contributed by atoms with Crippen molar-refractivity contribution in [1.29, 1.82) is 0 Å². The second kappa shape index (κ2) is 24.5. The van der Waals surface area contributed by atoms with Gasteiger partial charge in [0.25, 0.3) is 0 Å². The Hall–Kier alpha value is -3.84. The summed E-state index contributed by atoms with van der Waals surface area (Å²) < 4.78 is 44.4. The summed E-state index contributed by atoms with van der Waals surface area (Å²) in [5.41, 5.74) is 6.24. The van der Waals surface area contributed by atoms with Crippen LogP contribution in [0.1, 0.15) is 22.6 Å². The molecule has 1 aliphatic rings. The standard InChI is InChI=1S/C26H23NO.5CO.W/c1-28-20-25-24(22-13-7-3-8-14-22)17-18-27(19-21-11-5-2-6-12-21)26(25)23-15-9-4-10-16-23;5*1-2;/h2-18,24H,19H2,1H3;;;;;;. The summed E-state index contributed by atoms with van der Waals surface area (Å²) in [6.07, 6.45) is 4.52. The Morgan fingerprint density at radius 2 is 1.15 bits per heavy atom. The SMILES string of the molecule is CO[C](=[W])C1=C(c2ccccc2)N(Cc2ccccc2)C=CC1c1ccccc1.[C-]#[O+].[C-]#[O+].[C-]#[O+].[C-]#[O+].[C-]#[O+]. The van der Waals surface area contributed by atoms with E-state index < -0.39 is 0 Å². The zero-order valence-electron chi connectivity index (χ0n) is 20.9. The van der Waals surface area contributed by atoms with Crippen LogP contribution < -0.4 is 0 Å². The molecule has 4 rings (SSSR count). The molecule has 0 N–H and O–H groups in total. The zero-order chi connectivity index (χ0) is 30.1. The van der Waals surface area contributed by atoms with Crippen molar-refractivity contribution >= 4 is 9.78 Å². The Balaban J connectivity index is 0. The van der Waals surface area contributed by atoms with Crippen molar-refractivity contribution in [2.24, 2.45) is 0 Å². The maximum absolute atomic E-state index is 7.50. The molecule has 3 aromatic carbocycles. The number of methoxy groups -OCH3 is 1. The van der Waals surface area contributed by atoms with E-state index >= 15 is 0 Å². The fourth-order valence-electron chi connectivity index (χ4n) is 3.76. The van der Waals surface area contributed by atoms with Crippen LogP contribution in [0.5, 0.6) is 0 Å². The van der Waals surface area contributed by atoms with E-state index in [4.69, 9.17) is 28.0 Å². The van der Waals surface area contributed by atoms with Gasteiger partial charge in [-0.2, -0.15) is 0 Å². The van der Waals surface area contributed by atoms with Crippen molar-refractivity contribution < 1.29 is 47.4 Å². The van der Waals surface area contributed by atoms with E-state index in [0.717, 1.165) is 10.6 Å². The van der Waals surface area contributed by atoms with Gasteiger partial charge in [0.15, 0.2) is 0 Å². The Labute approximate surface area is 239 Å². The van der Waals surface area contributed by atoms with Crippen LogP contribution in [-0.4, -0.2) is 16.1 Å². The maximum atomic E-state index is 7.50. The minimum absolute atomic E-state index is 0.172. The summed E-state index contributed by atoms with van der Waals surface area (Å²) >= 11 is 1.34. The molecular formula is C31H23NO6W. The van der Waals surface area contributed by atoms with Crippen LogP contribution in [0, 0.1) is 33.3 Å². The molecule has 1 unspecified atom stereocenters. The zero-order valence-corrected chi connectivity index (χ0v) is 23.8. The Morgan fingerprint density at radius 3 is 1.62 bits per heavy atom. The van der Waals surface area contributed by atoms with Crippen LogP contribution in [0.4, 0.5) is 0 Å². The van der Waals surface area contributed by atoms with Crippen molar-refractivity contribution in [2.45, 2.75) is 12.5 Å². The molecule has 0 bridgehead atoms. The van der Waals surface area contributed by atoms with E-state index in [-0.39, 0.29) is 5.92 Å². The number of benzene rings is 3. The summed E-state index contributed by atoms with van der Waals surface area (Å²) in [6.45, 7) is 23.3. The third-order valence-electron chi connectivity index (χ3n) is 5.12. The third kappa shape index (κ3) is 11.6. The average Bonchev–Trinajstić information content (AvgIpc) is 3.06. The van der Waals surface area contributed by atoms with Gasteiger partial charge in [0.1, 0.15) is 0 Å². The van der Waals surface area contributed by atoms with Crippen LogP contribution >= 0.6 is 0 Å². The Bertz CT molecular complexity index is 1230. The molecule has 1 heterocycles. The fourth-order valence-corrected chi connectivity index (χ4v) is 4.57. The molecule has 1 atom stereocenters. The molecule has 0 spiro atoms. The van der Waals surface area contributed by atoms with Crippen LogP contribution in [-0.2, 0) is 53.9 Å². The number of allylic oxidation sites excluding steroid dienone is 1. The van der Waals surface area contributed by atoms with Gasteiger partial charge in [0.2, 0.25) is 0 Å². The van der Waals surface area contributed by atoms with Crippen molar-refractivity contribution in [3.8, 4) is 0 Å². The van der Waals surface area contributed by atoms with E-state index in [1.807, 2.05) is 0 Å². The molecule has 0 saturated heterocycles. The number of ether oxygens (including phenoxy) is 1. The van der Waals surface area contributed by atoms with Gasteiger partial charge in [0, 0.05) is 0 Å². The van der Waals surface area contributed by atoms with Crippen molar-refractivity contribution in [3.05, 3.63) is 159 Å². The molecule has 39 heavy (non-hydrogen) atoms. The third-order valence-corrected chi connectivity index (χ3v) is 6.51. The van der Waals surface area contributed by atoms with Gasteiger partial charge in [0.05, 0.1) is 0 Å². The van der Waals surface area contributed by atoms with Gasteiger partial charge >= 0.3 is 240 Å². The molecule has 194 valence electrons. The molecule has 3 aromatic rings. The van der Waals surface area contributed by atoms with Crippen molar-refractivity contribution in [2.75, 3.05) is 7.11 Å². The monoisotopic (exact) mass is 689 g/mol. The van der Waals surface area contributed by atoms with Crippen LogP contribution in [0.3, 0.4) is 0 Å². The van der Waals surface area contributed by atoms with Gasteiger partial charge in [-0.1, -0.05) is 0 Å². The van der Waals surface area contributed by atoms with Crippen LogP contribution in [0.15, 0.2) is 109 Å². The van der Waals surface area contributed by atoms with Crippen LogP contribution in [0.2, 0.25) is 0 Å². The molecule has 0 radical (unpaired) electrons. The second-order valence-electron chi connectivity index (χ2n) is 6.96. The van der Waals surface area contributed by atoms with E-state index in [9.17, 15) is 0 Å². The normalized spacial score (nSPS) is 12.3. The van der Waals surface area contributed by atoms with Gasteiger partial charge in [-0.05, 0) is 0 Å². The summed E-state index contributed by atoms with van der Waals surface area (Å²) in [5.74, 6) is 0.172. The molecule has 0 saturated carbocycles. The fraction of sp³-hybridized carbons (Fsp3) is 0.0968. The molecule has 8 heteroatoms. The predicted octanol–water partition coefficient (Wildman–Crippen LogP) is 5.35. The molecule has 0 aliphatic carbocycles. The van der Waals surface area contributed by atoms with Gasteiger partial charge < -0.3 is 0 Å². The van der Waals surface area contributed by atoms with E-state index in [1.165, 1.54) is 47.3 Å². The first kappa shape index (κ1) is 37.3. The van der Waals surface area contributed by atoms with E-state index in [0.29, 0.717) is 0 Å². The van der Waals surface area contributed by atoms with Gasteiger partial charge in [-0.3, -0.25) is 0 Å². The van der Waals surface area contributed by atoms with Crippen molar-refractivity contribution in [1.82, 2.24) is 4.90 Å². The first-order valence-corrected chi connectivity index (χ1v) is 12.2. The first-order chi connectivity index (χ1) is 19.3. The van der Waals surface area contributed by atoms with Gasteiger partial charge in [-0.15, -0.1) is 0 Å². The predicted molar refractivity (Wildman–Crippen MR) is 135 cm³/mol. The minimum atomic E-state index is 0.172. The first-order valence-electron chi connectivity index (χ1n) is 10.7. The summed E-state index contributed by atoms with van der Waals surface area (Å²) in [5, 5.41) is 0. The molecular weight excluding hydrogens is 666 g/mol. The topological polar surface area (TPSA) is 112 Å². The number of rotatable bonds is 6. The van der Waals surface area contributed by atoms with E-state index in [1.54, 1.807) is 7.11 Å². The molecule has 1 aliphatic heterocycles. The Kier molecular flexibility index (Phi) is 23.4. The number of nitrogens with zero attached hydrogens (tertiary/aromatic N) is 1. The summed E-state index contributed by atoms with van der Waals surface area (Å²) in [6, 6.07) is 31.9. The van der Waals surface area contributed by atoms with Crippen molar-refractivity contribution in [3.63, 3.8) is 0 Å². The Morgan fingerprint density at radius 1 is 0.718 bits per heavy atom. The number of hydrogen-bond donors (Lipinski definition) is 0. The number of hydrogen-bond acceptors (Lipinski definition) is 2. The average molecular weight is 689 g/mol. The summed E-state index contributed by atoms with van der Waals surface area (Å²) in [7, 11) is 1.78. The van der Waals surface area contributed by atoms with E-state index in [2.05, 4.69) is 141 Å². The molecule has 7 nitrogen and oxygen atoms in total.